The van der Waals surface area contributed by atoms with Crippen molar-refractivity contribution in [2.75, 3.05) is 13.1 Å². The van der Waals surface area contributed by atoms with Crippen LogP contribution in [0.1, 0.15) is 64.9 Å². The predicted octanol–water partition coefficient (Wildman–Crippen LogP) is 3.36. The van der Waals surface area contributed by atoms with E-state index in [-0.39, 0.29) is 30.4 Å². The van der Waals surface area contributed by atoms with Gasteiger partial charge in [-0.25, -0.2) is 0 Å². The van der Waals surface area contributed by atoms with E-state index in [9.17, 15) is 9.59 Å². The number of Topliss-reactive ketones (excluding diaryl/α,β-unsaturated/α-hetero) is 1. The number of ketones is 1. The maximum absolute atomic E-state index is 12.4. The number of piperidine rings is 1. The van der Waals surface area contributed by atoms with Crippen molar-refractivity contribution in [1.29, 1.82) is 0 Å². The van der Waals surface area contributed by atoms with Crippen molar-refractivity contribution in [1.82, 2.24) is 15.1 Å². The Morgan fingerprint density at radius 3 is 2.42 bits per heavy atom. The second-order valence-electron chi connectivity index (χ2n) is 7.04. The highest BCUT2D eigenvalue weighted by molar-refractivity contribution is 5.98. The molecule has 1 aromatic carbocycles. The fraction of sp³-hybridized carbons (Fsp3) is 0.500. The van der Waals surface area contributed by atoms with Crippen LogP contribution in [-0.2, 0) is 4.79 Å². The van der Waals surface area contributed by atoms with Gasteiger partial charge in [0, 0.05) is 44.3 Å². The molecule has 1 aliphatic heterocycles. The number of hydrogen-bond acceptors (Lipinski definition) is 5. The Balaban J connectivity index is 1.48. The molecular weight excluding hydrogens is 330 g/mol. The van der Waals surface area contributed by atoms with Gasteiger partial charge < -0.3 is 9.32 Å². The monoisotopic (exact) mass is 355 g/mol. The first kappa shape index (κ1) is 18.3. The van der Waals surface area contributed by atoms with E-state index < -0.39 is 0 Å². The third kappa shape index (κ3) is 4.18. The molecule has 138 valence electrons. The fourth-order valence-corrected chi connectivity index (χ4v) is 3.29. The molecule has 6 heteroatoms. The van der Waals surface area contributed by atoms with Crippen molar-refractivity contribution in [3.63, 3.8) is 0 Å². The van der Waals surface area contributed by atoms with Gasteiger partial charge in [0.25, 0.3) is 0 Å². The summed E-state index contributed by atoms with van der Waals surface area (Å²) in [5, 5.41) is 7.95. The molecule has 0 N–H and O–H groups in total. The lowest BCUT2D eigenvalue weighted by Gasteiger charge is -2.30. The molecule has 1 saturated heterocycles. The smallest absolute Gasteiger partial charge is 0.223 e. The van der Waals surface area contributed by atoms with Gasteiger partial charge in [-0.1, -0.05) is 12.1 Å². The number of rotatable bonds is 5. The Labute approximate surface area is 153 Å². The molecule has 0 bridgehead atoms. The average Bonchev–Trinajstić information content (AvgIpc) is 3.08. The summed E-state index contributed by atoms with van der Waals surface area (Å²) in [6, 6.07) is 5.70. The first-order chi connectivity index (χ1) is 12.4. The second-order valence-corrected chi connectivity index (χ2v) is 7.04. The van der Waals surface area contributed by atoms with Crippen LogP contribution in [0.3, 0.4) is 0 Å². The van der Waals surface area contributed by atoms with Crippen molar-refractivity contribution in [2.24, 2.45) is 0 Å². The molecule has 6 nitrogen and oxygen atoms in total. The topological polar surface area (TPSA) is 76.3 Å². The average molecular weight is 355 g/mol. The van der Waals surface area contributed by atoms with Crippen LogP contribution < -0.4 is 0 Å². The van der Waals surface area contributed by atoms with Crippen LogP contribution in [0.5, 0.6) is 0 Å². The number of aryl methyl sites for hydroxylation is 3. The summed E-state index contributed by atoms with van der Waals surface area (Å²) >= 11 is 0. The van der Waals surface area contributed by atoms with Gasteiger partial charge in [0.05, 0.1) is 0 Å². The minimum atomic E-state index is 0.0256. The van der Waals surface area contributed by atoms with E-state index in [1.54, 1.807) is 6.92 Å². The molecule has 0 radical (unpaired) electrons. The van der Waals surface area contributed by atoms with Crippen LogP contribution >= 0.6 is 0 Å². The predicted molar refractivity (Wildman–Crippen MR) is 97.1 cm³/mol. The SMILES string of the molecule is Cc1nnc(C2CCN(C(=O)CCC(=O)c3ccc(C)c(C)c3)CC2)o1. The lowest BCUT2D eigenvalue weighted by molar-refractivity contribution is -0.132. The number of nitrogens with zero attached hydrogens (tertiary/aromatic N) is 3. The van der Waals surface area contributed by atoms with E-state index in [0.29, 0.717) is 30.4 Å². The highest BCUT2D eigenvalue weighted by Crippen LogP contribution is 2.27. The van der Waals surface area contributed by atoms with Gasteiger partial charge in [-0.3, -0.25) is 9.59 Å². The minimum Gasteiger partial charge on any atom is -0.425 e. The molecule has 26 heavy (non-hydrogen) atoms. The lowest BCUT2D eigenvalue weighted by Crippen LogP contribution is -2.38. The van der Waals surface area contributed by atoms with Gasteiger partial charge >= 0.3 is 0 Å². The molecule has 2 heterocycles. The number of benzene rings is 1. The molecule has 3 rings (SSSR count). The second kappa shape index (κ2) is 7.81. The Morgan fingerprint density at radius 2 is 1.81 bits per heavy atom. The summed E-state index contributed by atoms with van der Waals surface area (Å²) in [5.41, 5.74) is 2.95. The third-order valence-electron chi connectivity index (χ3n) is 5.13. The molecule has 1 aromatic heterocycles. The Kier molecular flexibility index (Phi) is 5.49. The molecule has 0 atom stereocenters. The van der Waals surface area contributed by atoms with Crippen LogP contribution in [0.15, 0.2) is 22.6 Å². The van der Waals surface area contributed by atoms with Gasteiger partial charge in [0.2, 0.25) is 17.7 Å². The molecular formula is C20H25N3O3. The van der Waals surface area contributed by atoms with Gasteiger partial charge in [0.15, 0.2) is 5.78 Å². The molecule has 1 amide bonds. The maximum Gasteiger partial charge on any atom is 0.223 e. The number of carbonyl (C=O) groups is 2. The Bertz CT molecular complexity index is 804. The number of hydrogen-bond donors (Lipinski definition) is 0. The Morgan fingerprint density at radius 1 is 1.08 bits per heavy atom. The highest BCUT2D eigenvalue weighted by atomic mass is 16.4. The zero-order valence-electron chi connectivity index (χ0n) is 15.6. The van der Waals surface area contributed by atoms with E-state index in [1.165, 1.54) is 0 Å². The first-order valence-electron chi connectivity index (χ1n) is 9.12. The van der Waals surface area contributed by atoms with E-state index in [2.05, 4.69) is 10.2 Å². The van der Waals surface area contributed by atoms with E-state index in [1.807, 2.05) is 36.9 Å². The summed E-state index contributed by atoms with van der Waals surface area (Å²) in [7, 11) is 0. The summed E-state index contributed by atoms with van der Waals surface area (Å²) < 4.78 is 5.49. The van der Waals surface area contributed by atoms with Crippen LogP contribution in [0.25, 0.3) is 0 Å². The molecule has 0 aliphatic carbocycles. The van der Waals surface area contributed by atoms with Crippen LogP contribution in [-0.4, -0.2) is 39.9 Å². The highest BCUT2D eigenvalue weighted by Gasteiger charge is 2.27. The van der Waals surface area contributed by atoms with E-state index >= 15 is 0 Å². The molecule has 1 aliphatic rings. The Hall–Kier alpha value is -2.50. The molecule has 0 saturated carbocycles. The molecule has 1 fully saturated rings. The maximum atomic E-state index is 12.4. The summed E-state index contributed by atoms with van der Waals surface area (Å²) in [6.07, 6.45) is 2.15. The number of likely N-dealkylation sites (tertiary alicyclic amines) is 1. The summed E-state index contributed by atoms with van der Waals surface area (Å²) in [5.74, 6) is 1.53. The van der Waals surface area contributed by atoms with Gasteiger partial charge in [0.1, 0.15) is 0 Å². The zero-order valence-corrected chi connectivity index (χ0v) is 15.6. The third-order valence-corrected chi connectivity index (χ3v) is 5.13. The van der Waals surface area contributed by atoms with E-state index in [4.69, 9.17) is 4.42 Å². The standard InChI is InChI=1S/C20H25N3O3/c1-13-4-5-17(12-14(13)2)18(24)6-7-19(25)23-10-8-16(9-11-23)20-22-21-15(3)26-20/h4-5,12,16H,6-11H2,1-3H3. The van der Waals surface area contributed by atoms with Crippen molar-refractivity contribution >= 4 is 11.7 Å². The minimum absolute atomic E-state index is 0.0256. The largest absolute Gasteiger partial charge is 0.425 e. The van der Waals surface area contributed by atoms with Crippen molar-refractivity contribution in [2.45, 2.75) is 52.4 Å². The van der Waals surface area contributed by atoms with Crippen LogP contribution in [0.2, 0.25) is 0 Å². The molecule has 2 aromatic rings. The normalized spacial score (nSPS) is 15.3. The lowest BCUT2D eigenvalue weighted by atomic mass is 9.96. The molecule has 0 unspecified atom stereocenters. The summed E-state index contributed by atoms with van der Waals surface area (Å²) in [6.45, 7) is 7.13. The van der Waals surface area contributed by atoms with Gasteiger partial charge in [-0.05, 0) is 43.9 Å². The van der Waals surface area contributed by atoms with Gasteiger partial charge in [-0.15, -0.1) is 10.2 Å². The van der Waals surface area contributed by atoms with Crippen molar-refractivity contribution in [3.05, 3.63) is 46.7 Å². The zero-order chi connectivity index (χ0) is 18.7. The van der Waals surface area contributed by atoms with Gasteiger partial charge in [-0.2, -0.15) is 0 Å². The molecule has 0 spiro atoms. The number of carbonyl (C=O) groups excluding carboxylic acids is 2. The first-order valence-corrected chi connectivity index (χ1v) is 9.12. The summed E-state index contributed by atoms with van der Waals surface area (Å²) in [4.78, 5) is 26.6. The number of amides is 1. The fourth-order valence-electron chi connectivity index (χ4n) is 3.29. The quantitative estimate of drug-likeness (QED) is 0.769. The van der Waals surface area contributed by atoms with Crippen LogP contribution in [0, 0.1) is 20.8 Å². The van der Waals surface area contributed by atoms with Crippen LogP contribution in [0.4, 0.5) is 0 Å². The van der Waals surface area contributed by atoms with E-state index in [0.717, 1.165) is 24.0 Å². The van der Waals surface area contributed by atoms with Crippen molar-refractivity contribution < 1.29 is 14.0 Å². The number of aromatic nitrogens is 2. The van der Waals surface area contributed by atoms with Crippen molar-refractivity contribution in [3.8, 4) is 0 Å².